The molecule has 0 aromatic heterocycles. The van der Waals surface area contributed by atoms with Gasteiger partial charge in [-0.15, -0.1) is 6.58 Å². The van der Waals surface area contributed by atoms with Gasteiger partial charge in [-0.25, -0.2) is 0 Å². The maximum atomic E-state index is 5.00. The molecule has 0 aliphatic carbocycles. The van der Waals surface area contributed by atoms with Crippen molar-refractivity contribution in [3.8, 4) is 0 Å². The molecule has 0 bridgehead atoms. The van der Waals surface area contributed by atoms with Gasteiger partial charge in [0.1, 0.15) is 0 Å². The Morgan fingerprint density at radius 2 is 2.38 bits per heavy atom. The van der Waals surface area contributed by atoms with Gasteiger partial charge in [0.2, 0.25) is 0 Å². The quantitative estimate of drug-likeness (QED) is 0.504. The Kier molecular flexibility index (Phi) is 2.10. The van der Waals surface area contributed by atoms with Crippen molar-refractivity contribution in [2.24, 2.45) is 5.92 Å². The molecule has 46 valence electrons. The third-order valence-electron chi connectivity index (χ3n) is 1.49. The van der Waals surface area contributed by atoms with E-state index in [2.05, 4.69) is 6.58 Å². The molecular weight excluding hydrogens is 100 g/mol. The van der Waals surface area contributed by atoms with E-state index in [1.54, 1.807) is 0 Å². The molecule has 1 aliphatic rings. The van der Waals surface area contributed by atoms with Crippen molar-refractivity contribution >= 4 is 0 Å². The molecule has 0 N–H and O–H groups in total. The molecule has 1 nitrogen and oxygen atoms in total. The molecule has 0 saturated carbocycles. The highest BCUT2D eigenvalue weighted by Gasteiger charge is 2.16. The minimum absolute atomic E-state index is 0.841. The molecule has 0 aromatic rings. The molecule has 0 atom stereocenters. The highest BCUT2D eigenvalue weighted by molar-refractivity contribution is 4.72. The Hall–Kier alpha value is -0.300. The van der Waals surface area contributed by atoms with Crippen molar-refractivity contribution in [1.29, 1.82) is 0 Å². The van der Waals surface area contributed by atoms with Gasteiger partial charge in [-0.1, -0.05) is 6.08 Å². The van der Waals surface area contributed by atoms with E-state index in [-0.39, 0.29) is 0 Å². The summed E-state index contributed by atoms with van der Waals surface area (Å²) < 4.78 is 5.00. The van der Waals surface area contributed by atoms with E-state index in [1.807, 2.05) is 6.08 Å². The van der Waals surface area contributed by atoms with Crippen LogP contribution in [0.5, 0.6) is 0 Å². The zero-order valence-electron chi connectivity index (χ0n) is 5.10. The molecule has 0 spiro atoms. The number of ether oxygens (including phenoxy) is 1. The summed E-state index contributed by atoms with van der Waals surface area (Å²) in [4.78, 5) is 0. The van der Waals surface area contributed by atoms with Gasteiger partial charge < -0.3 is 4.74 Å². The van der Waals surface area contributed by atoms with Crippen LogP contribution < -0.4 is 0 Å². The molecule has 1 rings (SSSR count). The van der Waals surface area contributed by atoms with Gasteiger partial charge in [0, 0.05) is 5.92 Å². The van der Waals surface area contributed by atoms with E-state index in [9.17, 15) is 0 Å². The van der Waals surface area contributed by atoms with Crippen LogP contribution in [-0.2, 0) is 4.74 Å². The fourth-order valence-electron chi connectivity index (χ4n) is 0.805. The van der Waals surface area contributed by atoms with Gasteiger partial charge in [0.05, 0.1) is 13.2 Å². The third-order valence-corrected chi connectivity index (χ3v) is 1.49. The molecule has 0 amide bonds. The van der Waals surface area contributed by atoms with Gasteiger partial charge in [0.15, 0.2) is 0 Å². The molecule has 1 heterocycles. The SMILES string of the molecule is C=CCCC1COC1. The average Bonchev–Trinajstić information content (AvgIpc) is 1.63. The maximum absolute atomic E-state index is 5.00. The molecule has 8 heavy (non-hydrogen) atoms. The van der Waals surface area contributed by atoms with Gasteiger partial charge >= 0.3 is 0 Å². The number of allylic oxidation sites excluding steroid dienone is 1. The molecule has 1 saturated heterocycles. The molecular formula is C7H12O. The van der Waals surface area contributed by atoms with Gasteiger partial charge in [-0.3, -0.25) is 0 Å². The highest BCUT2D eigenvalue weighted by atomic mass is 16.5. The molecule has 0 unspecified atom stereocenters. The van der Waals surface area contributed by atoms with Gasteiger partial charge in [-0.2, -0.15) is 0 Å². The lowest BCUT2D eigenvalue weighted by atomic mass is 10.0. The van der Waals surface area contributed by atoms with Crippen LogP contribution in [0.25, 0.3) is 0 Å². The molecule has 0 aromatic carbocycles. The predicted octanol–water partition coefficient (Wildman–Crippen LogP) is 1.60. The van der Waals surface area contributed by atoms with E-state index in [1.165, 1.54) is 6.42 Å². The molecule has 0 radical (unpaired) electrons. The van der Waals surface area contributed by atoms with Crippen molar-refractivity contribution in [2.45, 2.75) is 12.8 Å². The first-order valence-corrected chi connectivity index (χ1v) is 3.12. The van der Waals surface area contributed by atoms with E-state index in [0.717, 1.165) is 25.6 Å². The summed E-state index contributed by atoms with van der Waals surface area (Å²) in [5, 5.41) is 0. The summed E-state index contributed by atoms with van der Waals surface area (Å²) in [6.07, 6.45) is 4.38. The maximum Gasteiger partial charge on any atom is 0.0516 e. The largest absolute Gasteiger partial charge is 0.381 e. The first kappa shape index (κ1) is 5.83. The first-order valence-electron chi connectivity index (χ1n) is 3.12. The zero-order valence-corrected chi connectivity index (χ0v) is 5.10. The summed E-state index contributed by atoms with van der Waals surface area (Å²) in [5.74, 6) is 0.841. The molecule has 1 aliphatic heterocycles. The van der Waals surface area contributed by atoms with Crippen LogP contribution >= 0.6 is 0 Å². The fraction of sp³-hybridized carbons (Fsp3) is 0.714. The summed E-state index contributed by atoms with van der Waals surface area (Å²) in [5.41, 5.74) is 0. The summed E-state index contributed by atoms with van der Waals surface area (Å²) >= 11 is 0. The van der Waals surface area contributed by atoms with Crippen molar-refractivity contribution in [2.75, 3.05) is 13.2 Å². The van der Waals surface area contributed by atoms with Crippen LogP contribution in [0.15, 0.2) is 12.7 Å². The Labute approximate surface area is 50.3 Å². The Morgan fingerprint density at radius 3 is 2.75 bits per heavy atom. The Bertz CT molecular complexity index is 74.5. The highest BCUT2D eigenvalue weighted by Crippen LogP contribution is 2.15. The van der Waals surface area contributed by atoms with Crippen LogP contribution in [0.2, 0.25) is 0 Å². The fourth-order valence-corrected chi connectivity index (χ4v) is 0.805. The number of hydrogen-bond acceptors (Lipinski definition) is 1. The second-order valence-electron chi connectivity index (χ2n) is 2.27. The van der Waals surface area contributed by atoms with Crippen molar-refractivity contribution in [1.82, 2.24) is 0 Å². The van der Waals surface area contributed by atoms with E-state index in [4.69, 9.17) is 4.74 Å². The van der Waals surface area contributed by atoms with Crippen LogP contribution in [0, 0.1) is 5.92 Å². The second kappa shape index (κ2) is 2.88. The zero-order chi connectivity index (χ0) is 5.82. The van der Waals surface area contributed by atoms with Gasteiger partial charge in [0.25, 0.3) is 0 Å². The summed E-state index contributed by atoms with van der Waals surface area (Å²) in [6, 6.07) is 0. The van der Waals surface area contributed by atoms with E-state index < -0.39 is 0 Å². The number of hydrogen-bond donors (Lipinski definition) is 0. The predicted molar refractivity (Wildman–Crippen MR) is 33.7 cm³/mol. The number of rotatable bonds is 3. The lowest BCUT2D eigenvalue weighted by Crippen LogP contribution is -2.26. The second-order valence-corrected chi connectivity index (χ2v) is 2.27. The lowest BCUT2D eigenvalue weighted by molar-refractivity contribution is -0.0349. The van der Waals surface area contributed by atoms with Gasteiger partial charge in [-0.05, 0) is 12.8 Å². The first-order chi connectivity index (χ1) is 3.93. The molecule has 1 fully saturated rings. The van der Waals surface area contributed by atoms with Crippen LogP contribution in [0.1, 0.15) is 12.8 Å². The monoisotopic (exact) mass is 112 g/mol. The van der Waals surface area contributed by atoms with Crippen LogP contribution in [-0.4, -0.2) is 13.2 Å². The minimum Gasteiger partial charge on any atom is -0.381 e. The Morgan fingerprint density at radius 1 is 1.62 bits per heavy atom. The average molecular weight is 112 g/mol. The normalized spacial score (nSPS) is 20.0. The summed E-state index contributed by atoms with van der Waals surface area (Å²) in [6.45, 7) is 5.61. The third kappa shape index (κ3) is 1.34. The minimum atomic E-state index is 0.841. The standard InChI is InChI=1S/C7H12O/c1-2-3-4-7-5-8-6-7/h2,7H,1,3-6H2. The van der Waals surface area contributed by atoms with Crippen molar-refractivity contribution in [3.63, 3.8) is 0 Å². The topological polar surface area (TPSA) is 9.23 Å². The van der Waals surface area contributed by atoms with Crippen LogP contribution in [0.4, 0.5) is 0 Å². The van der Waals surface area contributed by atoms with E-state index in [0.29, 0.717) is 0 Å². The van der Waals surface area contributed by atoms with Crippen LogP contribution in [0.3, 0.4) is 0 Å². The lowest BCUT2D eigenvalue weighted by Gasteiger charge is -2.24. The van der Waals surface area contributed by atoms with E-state index >= 15 is 0 Å². The van der Waals surface area contributed by atoms with Crippen molar-refractivity contribution in [3.05, 3.63) is 12.7 Å². The molecule has 1 heteroatoms. The summed E-state index contributed by atoms with van der Waals surface area (Å²) in [7, 11) is 0. The smallest absolute Gasteiger partial charge is 0.0516 e. The van der Waals surface area contributed by atoms with Crippen molar-refractivity contribution < 1.29 is 4.74 Å². The Balaban J connectivity index is 1.93.